The maximum absolute atomic E-state index is 13.1. The van der Waals surface area contributed by atoms with Crippen LogP contribution in [-0.4, -0.2) is 43.9 Å². The van der Waals surface area contributed by atoms with Gasteiger partial charge in [-0.15, -0.1) is 0 Å². The molecular formula is C18H18FN3O3S. The highest BCUT2D eigenvalue weighted by Gasteiger charge is 2.28. The molecule has 3 aromatic rings. The van der Waals surface area contributed by atoms with Crippen molar-refractivity contribution in [2.75, 3.05) is 31.1 Å². The smallest absolute Gasteiger partial charge is 0.298 e. The van der Waals surface area contributed by atoms with Crippen molar-refractivity contribution in [3.8, 4) is 0 Å². The number of aromatic nitrogens is 1. The molecule has 2 aromatic carbocycles. The van der Waals surface area contributed by atoms with E-state index in [1.165, 1.54) is 16.4 Å². The highest BCUT2D eigenvalue weighted by molar-refractivity contribution is 7.89. The van der Waals surface area contributed by atoms with Crippen LogP contribution < -0.4 is 4.90 Å². The molecule has 0 spiro atoms. The third kappa shape index (κ3) is 3.17. The van der Waals surface area contributed by atoms with E-state index in [4.69, 9.17) is 4.42 Å². The molecule has 0 saturated carbocycles. The zero-order valence-electron chi connectivity index (χ0n) is 14.0. The maximum Gasteiger partial charge on any atom is 0.298 e. The summed E-state index contributed by atoms with van der Waals surface area (Å²) < 4.78 is 45.9. The molecule has 1 aromatic heterocycles. The molecule has 0 unspecified atom stereocenters. The van der Waals surface area contributed by atoms with Crippen LogP contribution in [-0.2, 0) is 10.0 Å². The molecular weight excluding hydrogens is 357 g/mol. The molecule has 0 amide bonds. The van der Waals surface area contributed by atoms with Crippen LogP contribution >= 0.6 is 0 Å². The zero-order valence-corrected chi connectivity index (χ0v) is 14.8. The first kappa shape index (κ1) is 17.0. The Morgan fingerprint density at radius 1 is 0.962 bits per heavy atom. The first-order valence-electron chi connectivity index (χ1n) is 8.40. The van der Waals surface area contributed by atoms with Crippen LogP contribution in [0.1, 0.15) is 6.42 Å². The highest BCUT2D eigenvalue weighted by Crippen LogP contribution is 2.24. The van der Waals surface area contributed by atoms with Gasteiger partial charge in [-0.2, -0.15) is 9.29 Å². The van der Waals surface area contributed by atoms with Gasteiger partial charge in [-0.1, -0.05) is 12.1 Å². The molecule has 1 aliphatic heterocycles. The summed E-state index contributed by atoms with van der Waals surface area (Å²) in [7, 11) is -3.64. The van der Waals surface area contributed by atoms with E-state index < -0.39 is 15.8 Å². The standard InChI is InChI=1S/C18H18FN3O3S/c19-14-6-8-15(9-7-14)26(23,24)22-11-3-10-21(12-13-22)18-20-16-4-1-2-5-17(16)25-18/h1-2,4-9H,3,10-13H2. The van der Waals surface area contributed by atoms with Gasteiger partial charge in [0.05, 0.1) is 4.90 Å². The second-order valence-corrected chi connectivity index (χ2v) is 8.10. The van der Waals surface area contributed by atoms with Gasteiger partial charge in [0.2, 0.25) is 10.0 Å². The van der Waals surface area contributed by atoms with Gasteiger partial charge in [0, 0.05) is 26.2 Å². The van der Waals surface area contributed by atoms with E-state index in [1.807, 2.05) is 29.2 Å². The van der Waals surface area contributed by atoms with Gasteiger partial charge in [-0.3, -0.25) is 0 Å². The Labute approximate surface area is 150 Å². The van der Waals surface area contributed by atoms with E-state index >= 15 is 0 Å². The lowest BCUT2D eigenvalue weighted by molar-refractivity contribution is 0.432. The summed E-state index contributed by atoms with van der Waals surface area (Å²) in [5, 5.41) is 0. The van der Waals surface area contributed by atoms with Gasteiger partial charge >= 0.3 is 0 Å². The lowest BCUT2D eigenvalue weighted by atomic mass is 10.3. The number of sulfonamides is 1. The Balaban J connectivity index is 1.53. The molecule has 0 N–H and O–H groups in total. The topological polar surface area (TPSA) is 66.7 Å². The maximum atomic E-state index is 13.1. The Bertz CT molecular complexity index is 985. The molecule has 1 fully saturated rings. The minimum atomic E-state index is -3.64. The van der Waals surface area contributed by atoms with E-state index in [9.17, 15) is 12.8 Å². The summed E-state index contributed by atoms with van der Waals surface area (Å²) in [6.07, 6.45) is 0.652. The van der Waals surface area contributed by atoms with Crippen molar-refractivity contribution in [2.45, 2.75) is 11.3 Å². The summed E-state index contributed by atoms with van der Waals surface area (Å²) in [4.78, 5) is 6.55. The fourth-order valence-corrected chi connectivity index (χ4v) is 4.55. The average Bonchev–Trinajstić information content (AvgIpc) is 2.90. The number of benzene rings is 2. The molecule has 2 heterocycles. The first-order valence-corrected chi connectivity index (χ1v) is 9.84. The lowest BCUT2D eigenvalue weighted by Gasteiger charge is -2.20. The van der Waals surface area contributed by atoms with Crippen LogP contribution in [0.3, 0.4) is 0 Å². The molecule has 1 aliphatic rings. The largest absolute Gasteiger partial charge is 0.423 e. The molecule has 136 valence electrons. The number of hydrogen-bond acceptors (Lipinski definition) is 5. The molecule has 0 radical (unpaired) electrons. The van der Waals surface area contributed by atoms with E-state index in [0.717, 1.165) is 17.6 Å². The van der Waals surface area contributed by atoms with Gasteiger partial charge in [0.15, 0.2) is 5.58 Å². The van der Waals surface area contributed by atoms with E-state index in [1.54, 1.807) is 0 Å². The number of fused-ring (bicyclic) bond motifs is 1. The average molecular weight is 375 g/mol. The molecule has 0 bridgehead atoms. The number of halogens is 1. The van der Waals surface area contributed by atoms with E-state index in [-0.39, 0.29) is 4.90 Å². The SMILES string of the molecule is O=S(=O)(c1ccc(F)cc1)N1CCCN(c2nc3ccccc3o2)CC1. The highest BCUT2D eigenvalue weighted by atomic mass is 32.2. The zero-order chi connectivity index (χ0) is 18.1. The Morgan fingerprint density at radius 3 is 2.50 bits per heavy atom. The van der Waals surface area contributed by atoms with Gasteiger partial charge in [0.25, 0.3) is 6.01 Å². The number of rotatable bonds is 3. The summed E-state index contributed by atoms with van der Waals surface area (Å²) in [6.45, 7) is 1.85. The number of para-hydroxylation sites is 2. The van der Waals surface area contributed by atoms with Gasteiger partial charge in [-0.25, -0.2) is 12.8 Å². The summed E-state index contributed by atoms with van der Waals surface area (Å²) in [6, 6.07) is 12.9. The fourth-order valence-electron chi connectivity index (χ4n) is 3.08. The van der Waals surface area contributed by atoms with E-state index in [2.05, 4.69) is 4.98 Å². The predicted octanol–water partition coefficient (Wildman–Crippen LogP) is 2.87. The Hall–Kier alpha value is -2.45. The molecule has 8 heteroatoms. The quantitative estimate of drug-likeness (QED) is 0.704. The number of oxazole rings is 1. The van der Waals surface area contributed by atoms with Crippen molar-refractivity contribution in [1.82, 2.24) is 9.29 Å². The van der Waals surface area contributed by atoms with Crippen LogP contribution in [0, 0.1) is 5.82 Å². The summed E-state index contributed by atoms with van der Waals surface area (Å²) >= 11 is 0. The van der Waals surface area contributed by atoms with Crippen molar-refractivity contribution in [2.24, 2.45) is 0 Å². The van der Waals surface area contributed by atoms with Crippen molar-refractivity contribution in [1.29, 1.82) is 0 Å². The second kappa shape index (κ2) is 6.69. The lowest BCUT2D eigenvalue weighted by Crippen LogP contribution is -2.35. The third-order valence-electron chi connectivity index (χ3n) is 4.46. The van der Waals surface area contributed by atoms with Crippen molar-refractivity contribution in [3.63, 3.8) is 0 Å². The Kier molecular flexibility index (Phi) is 4.37. The predicted molar refractivity (Wildman–Crippen MR) is 96.0 cm³/mol. The van der Waals surface area contributed by atoms with Crippen LogP contribution in [0.2, 0.25) is 0 Å². The normalized spacial score (nSPS) is 16.7. The fraction of sp³-hybridized carbons (Fsp3) is 0.278. The number of nitrogens with zero attached hydrogens (tertiary/aromatic N) is 3. The van der Waals surface area contributed by atoms with Gasteiger partial charge in [-0.05, 0) is 42.8 Å². The van der Waals surface area contributed by atoms with Gasteiger partial charge in [0.1, 0.15) is 11.3 Å². The minimum Gasteiger partial charge on any atom is -0.423 e. The molecule has 6 nitrogen and oxygen atoms in total. The Morgan fingerprint density at radius 2 is 1.73 bits per heavy atom. The number of anilines is 1. The third-order valence-corrected chi connectivity index (χ3v) is 6.37. The van der Waals surface area contributed by atoms with Crippen molar-refractivity contribution < 1.29 is 17.2 Å². The molecule has 0 atom stereocenters. The molecule has 1 saturated heterocycles. The van der Waals surface area contributed by atoms with Crippen LogP contribution in [0.5, 0.6) is 0 Å². The number of hydrogen-bond donors (Lipinski definition) is 0. The molecule has 26 heavy (non-hydrogen) atoms. The second-order valence-electron chi connectivity index (χ2n) is 6.16. The molecule has 4 rings (SSSR count). The summed E-state index contributed by atoms with van der Waals surface area (Å²) in [5.41, 5.74) is 1.49. The van der Waals surface area contributed by atoms with Crippen molar-refractivity contribution >= 4 is 27.1 Å². The van der Waals surface area contributed by atoms with Crippen LogP contribution in [0.25, 0.3) is 11.1 Å². The van der Waals surface area contributed by atoms with Crippen LogP contribution in [0.4, 0.5) is 10.4 Å². The van der Waals surface area contributed by atoms with E-state index in [0.29, 0.717) is 44.2 Å². The summed E-state index contributed by atoms with van der Waals surface area (Å²) in [5.74, 6) is -0.457. The molecule has 0 aliphatic carbocycles. The monoisotopic (exact) mass is 375 g/mol. The first-order chi connectivity index (χ1) is 12.5. The van der Waals surface area contributed by atoms with Crippen LogP contribution in [0.15, 0.2) is 57.8 Å². The minimum absolute atomic E-state index is 0.106. The van der Waals surface area contributed by atoms with Gasteiger partial charge < -0.3 is 9.32 Å². The van der Waals surface area contributed by atoms with Crippen molar-refractivity contribution in [3.05, 3.63) is 54.3 Å².